The number of hydrogen-bond donors (Lipinski definition) is 1. The fraction of sp³-hybridized carbons (Fsp3) is 0.400. The molecular weight excluding hydrogens is 448 g/mol. The highest BCUT2D eigenvalue weighted by atomic mass is 32.1. The summed E-state index contributed by atoms with van der Waals surface area (Å²) in [6.45, 7) is 7.32. The predicted octanol–water partition coefficient (Wildman–Crippen LogP) is 4.66. The monoisotopic (exact) mass is 478 g/mol. The van der Waals surface area contributed by atoms with Gasteiger partial charge >= 0.3 is 0 Å². The molecule has 3 aromatic heterocycles. The maximum Gasteiger partial charge on any atom is 0.275 e. The number of aryl methyl sites for hydroxylation is 2. The Morgan fingerprint density at radius 3 is 2.76 bits per heavy atom. The van der Waals surface area contributed by atoms with Gasteiger partial charge in [-0.1, -0.05) is 12.2 Å². The zero-order valence-corrected chi connectivity index (χ0v) is 20.6. The Balaban J connectivity index is 1.39. The van der Waals surface area contributed by atoms with Gasteiger partial charge in [-0.2, -0.15) is 5.10 Å². The van der Waals surface area contributed by atoms with Crippen molar-refractivity contribution in [3.05, 3.63) is 64.0 Å². The van der Waals surface area contributed by atoms with Crippen LogP contribution in [0.4, 0.5) is 5.69 Å². The number of likely N-dealkylation sites (tertiary alicyclic amines) is 1. The quantitative estimate of drug-likeness (QED) is 0.499. The first kappa shape index (κ1) is 23.8. The molecule has 0 aliphatic carbocycles. The Morgan fingerprint density at radius 2 is 2.06 bits per heavy atom. The summed E-state index contributed by atoms with van der Waals surface area (Å²) in [6.07, 6.45) is 8.77. The molecule has 1 N–H and O–H groups in total. The Kier molecular flexibility index (Phi) is 7.52. The predicted molar refractivity (Wildman–Crippen MR) is 134 cm³/mol. The van der Waals surface area contributed by atoms with E-state index in [0.29, 0.717) is 23.6 Å². The molecule has 4 rings (SSSR count). The average molecular weight is 479 g/mol. The number of thiazole rings is 1. The van der Waals surface area contributed by atoms with Gasteiger partial charge < -0.3 is 10.2 Å². The summed E-state index contributed by atoms with van der Waals surface area (Å²) in [6, 6.07) is 5.56. The number of rotatable bonds is 7. The number of nitrogens with one attached hydrogen (secondary N) is 1. The number of hydrogen-bond acceptors (Lipinski definition) is 6. The highest BCUT2D eigenvalue weighted by molar-refractivity contribution is 7.10. The highest BCUT2D eigenvalue weighted by Gasteiger charge is 2.26. The van der Waals surface area contributed by atoms with E-state index in [1.54, 1.807) is 22.3 Å². The molecule has 0 atom stereocenters. The van der Waals surface area contributed by atoms with Crippen molar-refractivity contribution in [2.24, 2.45) is 0 Å². The first-order valence-corrected chi connectivity index (χ1v) is 12.5. The standard InChI is InChI=1S/C25H30N6O2S/c1-4-5-6-9-22(32)30-13-10-19(11-14-30)25-28-21(16-34-25)24(33)27-20-8-7-12-26-23(20)31-18(3)15-17(2)29-31/h4-5,7-8,12,15-16,19H,6,9-11,13-14H2,1-3H3,(H,27,33)/b5-4+. The summed E-state index contributed by atoms with van der Waals surface area (Å²) < 4.78 is 1.73. The molecule has 4 heterocycles. The highest BCUT2D eigenvalue weighted by Crippen LogP contribution is 2.31. The largest absolute Gasteiger partial charge is 0.343 e. The molecule has 8 nitrogen and oxygen atoms in total. The second-order valence-electron chi connectivity index (χ2n) is 8.50. The van der Waals surface area contributed by atoms with E-state index in [2.05, 4.69) is 20.4 Å². The van der Waals surface area contributed by atoms with Crippen LogP contribution in [-0.4, -0.2) is 49.6 Å². The number of carbonyl (C=O) groups excluding carboxylic acids is 2. The van der Waals surface area contributed by atoms with Crippen molar-refractivity contribution in [2.45, 2.75) is 52.4 Å². The summed E-state index contributed by atoms with van der Waals surface area (Å²) in [5, 5.41) is 10.2. The number of nitrogens with zero attached hydrogens (tertiary/aromatic N) is 5. The molecule has 1 saturated heterocycles. The Labute approximate surface area is 203 Å². The maximum atomic E-state index is 13.0. The van der Waals surface area contributed by atoms with E-state index in [9.17, 15) is 9.59 Å². The van der Waals surface area contributed by atoms with E-state index in [1.807, 2.05) is 50.0 Å². The van der Waals surface area contributed by atoms with Gasteiger partial charge in [0.15, 0.2) is 5.82 Å². The molecule has 1 aliphatic rings. The minimum atomic E-state index is -0.269. The molecule has 2 amide bonds. The number of carbonyl (C=O) groups is 2. The number of piperidine rings is 1. The Morgan fingerprint density at radius 1 is 1.26 bits per heavy atom. The Hall–Kier alpha value is -3.33. The average Bonchev–Trinajstić information content (AvgIpc) is 3.46. The lowest BCUT2D eigenvalue weighted by Gasteiger charge is -2.31. The fourth-order valence-corrected chi connectivity index (χ4v) is 5.15. The third kappa shape index (κ3) is 5.41. The van der Waals surface area contributed by atoms with Crippen LogP contribution in [0.1, 0.15) is 65.4 Å². The maximum absolute atomic E-state index is 13.0. The van der Waals surface area contributed by atoms with Crippen LogP contribution in [0.3, 0.4) is 0 Å². The molecular formula is C25H30N6O2S. The molecule has 1 fully saturated rings. The van der Waals surface area contributed by atoms with E-state index >= 15 is 0 Å². The number of anilines is 1. The summed E-state index contributed by atoms with van der Waals surface area (Å²) in [4.78, 5) is 36.3. The SMILES string of the molecule is C/C=C/CCC(=O)N1CCC(c2nc(C(=O)Nc3cccnc3-n3nc(C)cc3C)cs2)CC1. The third-order valence-electron chi connectivity index (χ3n) is 5.96. The van der Waals surface area contributed by atoms with Crippen molar-refractivity contribution in [1.29, 1.82) is 0 Å². The van der Waals surface area contributed by atoms with E-state index in [0.717, 1.165) is 48.7 Å². The van der Waals surface area contributed by atoms with Crippen LogP contribution in [0.15, 0.2) is 41.9 Å². The van der Waals surface area contributed by atoms with Crippen molar-refractivity contribution < 1.29 is 9.59 Å². The van der Waals surface area contributed by atoms with Crippen LogP contribution in [-0.2, 0) is 4.79 Å². The van der Waals surface area contributed by atoms with E-state index in [1.165, 1.54) is 11.3 Å². The van der Waals surface area contributed by atoms with Crippen molar-refractivity contribution >= 4 is 28.8 Å². The van der Waals surface area contributed by atoms with Crippen LogP contribution in [0.5, 0.6) is 0 Å². The van der Waals surface area contributed by atoms with Gasteiger partial charge in [0.05, 0.1) is 16.4 Å². The summed E-state index contributed by atoms with van der Waals surface area (Å²) >= 11 is 1.51. The Bertz CT molecular complexity index is 1190. The van der Waals surface area contributed by atoms with Crippen molar-refractivity contribution in [3.63, 3.8) is 0 Å². The second kappa shape index (κ2) is 10.7. The van der Waals surface area contributed by atoms with Crippen molar-refractivity contribution in [2.75, 3.05) is 18.4 Å². The van der Waals surface area contributed by atoms with Crippen LogP contribution in [0, 0.1) is 13.8 Å². The summed E-state index contributed by atoms with van der Waals surface area (Å²) in [5.41, 5.74) is 2.80. The third-order valence-corrected chi connectivity index (χ3v) is 6.96. The fourth-order valence-electron chi connectivity index (χ4n) is 4.18. The molecule has 0 spiro atoms. The van der Waals surface area contributed by atoms with Gasteiger partial charge in [-0.3, -0.25) is 9.59 Å². The van der Waals surface area contributed by atoms with Gasteiger partial charge in [-0.05, 0) is 58.2 Å². The van der Waals surface area contributed by atoms with E-state index in [-0.39, 0.29) is 17.7 Å². The molecule has 0 radical (unpaired) electrons. The van der Waals surface area contributed by atoms with Gasteiger partial charge in [0.25, 0.3) is 5.91 Å². The zero-order valence-electron chi connectivity index (χ0n) is 19.8. The molecule has 178 valence electrons. The molecule has 0 aromatic carbocycles. The smallest absolute Gasteiger partial charge is 0.275 e. The molecule has 3 aromatic rings. The molecule has 0 bridgehead atoms. The van der Waals surface area contributed by atoms with Gasteiger partial charge in [-0.25, -0.2) is 14.6 Å². The molecule has 9 heteroatoms. The van der Waals surface area contributed by atoms with Crippen LogP contribution in [0.2, 0.25) is 0 Å². The summed E-state index contributed by atoms with van der Waals surface area (Å²) in [5.74, 6) is 0.790. The number of amides is 2. The number of allylic oxidation sites excluding steroid dienone is 2. The van der Waals surface area contributed by atoms with Gasteiger partial charge in [0, 0.05) is 42.7 Å². The normalized spacial score (nSPS) is 14.6. The first-order chi connectivity index (χ1) is 16.5. The van der Waals surface area contributed by atoms with E-state index in [4.69, 9.17) is 0 Å². The number of pyridine rings is 1. The topological polar surface area (TPSA) is 93.0 Å². The molecule has 0 saturated carbocycles. The van der Waals surface area contributed by atoms with Gasteiger partial charge in [0.2, 0.25) is 5.91 Å². The van der Waals surface area contributed by atoms with Crippen molar-refractivity contribution in [1.82, 2.24) is 24.6 Å². The number of aromatic nitrogens is 4. The van der Waals surface area contributed by atoms with Crippen LogP contribution >= 0.6 is 11.3 Å². The summed E-state index contributed by atoms with van der Waals surface area (Å²) in [7, 11) is 0. The zero-order chi connectivity index (χ0) is 24.1. The minimum Gasteiger partial charge on any atom is -0.343 e. The van der Waals surface area contributed by atoms with Crippen LogP contribution in [0.25, 0.3) is 5.82 Å². The first-order valence-electron chi connectivity index (χ1n) is 11.6. The molecule has 1 aliphatic heterocycles. The van der Waals surface area contributed by atoms with Crippen molar-refractivity contribution in [3.8, 4) is 5.82 Å². The lowest BCUT2D eigenvalue weighted by molar-refractivity contribution is -0.132. The minimum absolute atomic E-state index is 0.214. The lowest BCUT2D eigenvalue weighted by atomic mass is 9.97. The second-order valence-corrected chi connectivity index (χ2v) is 9.39. The van der Waals surface area contributed by atoms with Crippen LogP contribution < -0.4 is 5.32 Å². The van der Waals surface area contributed by atoms with E-state index < -0.39 is 0 Å². The molecule has 34 heavy (non-hydrogen) atoms. The molecule has 0 unspecified atom stereocenters. The lowest BCUT2D eigenvalue weighted by Crippen LogP contribution is -2.37. The van der Waals surface area contributed by atoms with Gasteiger partial charge in [-0.15, -0.1) is 11.3 Å². The van der Waals surface area contributed by atoms with Gasteiger partial charge in [0.1, 0.15) is 5.69 Å².